The van der Waals surface area contributed by atoms with Crippen LogP contribution < -0.4 is 4.74 Å². The quantitative estimate of drug-likeness (QED) is 0.795. The van der Waals surface area contributed by atoms with Gasteiger partial charge in [-0.05, 0) is 59.8 Å². The molecule has 2 aromatic carbocycles. The maximum Gasteiger partial charge on any atom is 0.293 e. The van der Waals surface area contributed by atoms with Crippen LogP contribution in [0.25, 0.3) is 6.08 Å². The molecule has 0 aromatic heterocycles. The zero-order valence-electron chi connectivity index (χ0n) is 13.0. The van der Waals surface area contributed by atoms with Gasteiger partial charge in [-0.1, -0.05) is 23.7 Å². The number of imide groups is 1. The lowest BCUT2D eigenvalue weighted by Crippen LogP contribution is -2.32. The first-order chi connectivity index (χ1) is 12.0. The van der Waals surface area contributed by atoms with Crippen molar-refractivity contribution in [2.45, 2.75) is 0 Å². The number of hydrogen-bond donors (Lipinski definition) is 1. The second kappa shape index (κ2) is 7.63. The molecule has 7 heteroatoms. The van der Waals surface area contributed by atoms with Crippen molar-refractivity contribution in [1.82, 2.24) is 4.90 Å². The number of phenolic OH excluding ortho intramolecular Hbond substituents is 1. The van der Waals surface area contributed by atoms with Crippen LogP contribution in [0, 0.1) is 0 Å². The number of carbonyl (C=O) groups excluding carboxylic acids is 2. The fourth-order valence-corrected chi connectivity index (χ4v) is 3.24. The van der Waals surface area contributed by atoms with Crippen molar-refractivity contribution in [1.29, 1.82) is 0 Å². The van der Waals surface area contributed by atoms with Crippen molar-refractivity contribution >= 4 is 40.6 Å². The summed E-state index contributed by atoms with van der Waals surface area (Å²) in [6, 6.07) is 13.3. The van der Waals surface area contributed by atoms with E-state index in [4.69, 9.17) is 16.3 Å². The molecule has 2 amide bonds. The van der Waals surface area contributed by atoms with Crippen LogP contribution in [0.15, 0.2) is 53.4 Å². The number of rotatable bonds is 5. The number of benzene rings is 2. The summed E-state index contributed by atoms with van der Waals surface area (Å²) in [4.78, 5) is 25.9. The Bertz CT molecular complexity index is 835. The Labute approximate surface area is 153 Å². The predicted octanol–water partition coefficient (Wildman–Crippen LogP) is 4.16. The molecule has 2 aromatic rings. The Kier molecular flexibility index (Phi) is 5.31. The van der Waals surface area contributed by atoms with Crippen molar-refractivity contribution in [3.8, 4) is 11.5 Å². The van der Waals surface area contributed by atoms with Gasteiger partial charge < -0.3 is 9.84 Å². The normalized spacial score (nSPS) is 15.9. The number of thioether (sulfide) groups is 1. The summed E-state index contributed by atoms with van der Waals surface area (Å²) < 4.78 is 5.52. The van der Waals surface area contributed by atoms with E-state index in [1.807, 2.05) is 0 Å². The molecule has 5 nitrogen and oxygen atoms in total. The first-order valence-electron chi connectivity index (χ1n) is 7.46. The van der Waals surface area contributed by atoms with E-state index in [0.29, 0.717) is 21.2 Å². The second-order valence-corrected chi connectivity index (χ2v) is 6.66. The van der Waals surface area contributed by atoms with E-state index in [1.54, 1.807) is 42.5 Å². The van der Waals surface area contributed by atoms with Gasteiger partial charge in [-0.15, -0.1) is 0 Å². The van der Waals surface area contributed by atoms with Gasteiger partial charge in [0, 0.05) is 5.02 Å². The molecule has 0 saturated carbocycles. The first kappa shape index (κ1) is 17.4. The summed E-state index contributed by atoms with van der Waals surface area (Å²) in [6.45, 7) is 0.351. The van der Waals surface area contributed by atoms with Crippen molar-refractivity contribution in [3.63, 3.8) is 0 Å². The Hall–Kier alpha value is -2.44. The first-order valence-corrected chi connectivity index (χ1v) is 8.65. The SMILES string of the molecule is O=C1S/C(=C\c2cccc(O)c2)C(=O)N1CCOc1ccc(Cl)cc1. The highest BCUT2D eigenvalue weighted by Crippen LogP contribution is 2.32. The Morgan fingerprint density at radius 2 is 1.92 bits per heavy atom. The van der Waals surface area contributed by atoms with Crippen LogP contribution in [0.5, 0.6) is 11.5 Å². The van der Waals surface area contributed by atoms with Gasteiger partial charge in [0.25, 0.3) is 11.1 Å². The van der Waals surface area contributed by atoms with Crippen LogP contribution in [0.4, 0.5) is 4.79 Å². The number of nitrogens with zero attached hydrogens (tertiary/aromatic N) is 1. The van der Waals surface area contributed by atoms with Gasteiger partial charge in [0.2, 0.25) is 0 Å². The summed E-state index contributed by atoms with van der Waals surface area (Å²) in [5.41, 5.74) is 0.655. The largest absolute Gasteiger partial charge is 0.508 e. The van der Waals surface area contributed by atoms with Gasteiger partial charge in [-0.3, -0.25) is 14.5 Å². The highest BCUT2D eigenvalue weighted by atomic mass is 35.5. The lowest BCUT2D eigenvalue weighted by atomic mass is 10.2. The third kappa shape index (κ3) is 4.35. The third-order valence-corrected chi connectivity index (χ3v) is 4.60. The summed E-state index contributed by atoms with van der Waals surface area (Å²) >= 11 is 6.68. The Morgan fingerprint density at radius 3 is 2.64 bits per heavy atom. The highest BCUT2D eigenvalue weighted by molar-refractivity contribution is 8.18. The molecule has 1 N–H and O–H groups in total. The van der Waals surface area contributed by atoms with Crippen LogP contribution in [-0.4, -0.2) is 34.3 Å². The standard InChI is InChI=1S/C18H14ClNO4S/c19-13-4-6-15(7-5-13)24-9-8-20-17(22)16(25-18(20)23)11-12-2-1-3-14(21)10-12/h1-7,10-11,21H,8-9H2/b16-11-. The molecule has 128 valence electrons. The molecule has 1 heterocycles. The number of ether oxygens (including phenoxy) is 1. The van der Waals surface area contributed by atoms with Crippen molar-refractivity contribution in [2.75, 3.05) is 13.2 Å². The average Bonchev–Trinajstić information content (AvgIpc) is 2.84. The van der Waals surface area contributed by atoms with E-state index in [-0.39, 0.29) is 30.0 Å². The third-order valence-electron chi connectivity index (χ3n) is 3.44. The number of halogens is 1. The molecule has 1 aliphatic rings. The zero-order valence-corrected chi connectivity index (χ0v) is 14.6. The van der Waals surface area contributed by atoms with E-state index < -0.39 is 0 Å². The van der Waals surface area contributed by atoms with Gasteiger partial charge in [0.15, 0.2) is 0 Å². The number of amides is 2. The molecule has 3 rings (SSSR count). The fraction of sp³-hybridized carbons (Fsp3) is 0.111. The van der Waals surface area contributed by atoms with E-state index in [9.17, 15) is 14.7 Å². The number of phenols is 1. The minimum Gasteiger partial charge on any atom is -0.508 e. The van der Waals surface area contributed by atoms with E-state index in [0.717, 1.165) is 16.7 Å². The van der Waals surface area contributed by atoms with E-state index >= 15 is 0 Å². The fourth-order valence-electron chi connectivity index (χ4n) is 2.24. The number of hydrogen-bond acceptors (Lipinski definition) is 5. The summed E-state index contributed by atoms with van der Waals surface area (Å²) in [7, 11) is 0. The number of carbonyl (C=O) groups is 2. The minimum absolute atomic E-state index is 0.101. The van der Waals surface area contributed by atoms with Crippen LogP contribution in [-0.2, 0) is 4.79 Å². The Balaban J connectivity index is 1.62. The molecular weight excluding hydrogens is 362 g/mol. The maximum absolute atomic E-state index is 12.4. The van der Waals surface area contributed by atoms with Crippen LogP contribution in [0.1, 0.15) is 5.56 Å². The van der Waals surface area contributed by atoms with Crippen LogP contribution in [0.2, 0.25) is 5.02 Å². The van der Waals surface area contributed by atoms with Crippen molar-refractivity contribution < 1.29 is 19.4 Å². The van der Waals surface area contributed by atoms with Gasteiger partial charge in [-0.2, -0.15) is 0 Å². The monoisotopic (exact) mass is 375 g/mol. The molecule has 0 spiro atoms. The van der Waals surface area contributed by atoms with Crippen molar-refractivity contribution in [3.05, 3.63) is 64.0 Å². The molecule has 0 unspecified atom stereocenters. The summed E-state index contributed by atoms with van der Waals surface area (Å²) in [5, 5.41) is 9.75. The molecular formula is C18H14ClNO4S. The average molecular weight is 376 g/mol. The molecule has 0 aliphatic carbocycles. The molecule has 1 aliphatic heterocycles. The second-order valence-electron chi connectivity index (χ2n) is 5.23. The predicted molar refractivity (Wildman–Crippen MR) is 97.7 cm³/mol. The van der Waals surface area contributed by atoms with Gasteiger partial charge >= 0.3 is 0 Å². The van der Waals surface area contributed by atoms with Crippen LogP contribution in [0.3, 0.4) is 0 Å². The minimum atomic E-state index is -0.363. The molecule has 0 atom stereocenters. The maximum atomic E-state index is 12.4. The highest BCUT2D eigenvalue weighted by Gasteiger charge is 2.34. The van der Waals surface area contributed by atoms with Crippen molar-refractivity contribution in [2.24, 2.45) is 0 Å². The van der Waals surface area contributed by atoms with Crippen LogP contribution >= 0.6 is 23.4 Å². The van der Waals surface area contributed by atoms with E-state index in [2.05, 4.69) is 0 Å². The molecule has 1 saturated heterocycles. The van der Waals surface area contributed by atoms with E-state index in [1.165, 1.54) is 12.1 Å². The van der Waals surface area contributed by atoms with Gasteiger partial charge in [0.1, 0.15) is 18.1 Å². The molecule has 0 radical (unpaired) electrons. The lowest BCUT2D eigenvalue weighted by Gasteiger charge is -2.13. The topological polar surface area (TPSA) is 66.8 Å². The van der Waals surface area contributed by atoms with Gasteiger partial charge in [0.05, 0.1) is 11.4 Å². The zero-order chi connectivity index (χ0) is 17.8. The smallest absolute Gasteiger partial charge is 0.293 e. The number of aromatic hydroxyl groups is 1. The molecule has 25 heavy (non-hydrogen) atoms. The Morgan fingerprint density at radius 1 is 1.16 bits per heavy atom. The molecule has 1 fully saturated rings. The van der Waals surface area contributed by atoms with Gasteiger partial charge in [-0.25, -0.2) is 0 Å². The summed E-state index contributed by atoms with van der Waals surface area (Å²) in [6.07, 6.45) is 1.59. The summed E-state index contributed by atoms with van der Waals surface area (Å²) in [5.74, 6) is 0.356. The molecule has 0 bridgehead atoms. The lowest BCUT2D eigenvalue weighted by molar-refractivity contribution is -0.123.